The van der Waals surface area contributed by atoms with Crippen molar-refractivity contribution in [2.75, 3.05) is 24.6 Å². The Morgan fingerprint density at radius 1 is 1.16 bits per heavy atom. The van der Waals surface area contributed by atoms with E-state index in [1.54, 1.807) is 6.07 Å². The molecule has 1 aromatic heterocycles. The van der Waals surface area contributed by atoms with Crippen molar-refractivity contribution in [2.24, 2.45) is 23.2 Å². The molecule has 2 saturated heterocycles. The third-order valence-electron chi connectivity index (χ3n) is 9.67. The Labute approximate surface area is 180 Å². The summed E-state index contributed by atoms with van der Waals surface area (Å²) in [6, 6.07) is 2.30. The van der Waals surface area contributed by atoms with Crippen molar-refractivity contribution in [1.29, 1.82) is 0 Å². The van der Waals surface area contributed by atoms with E-state index < -0.39 is 21.4 Å². The summed E-state index contributed by atoms with van der Waals surface area (Å²) in [7, 11) is -2.84. The summed E-state index contributed by atoms with van der Waals surface area (Å²) in [5.74, 6) is 2.31. The summed E-state index contributed by atoms with van der Waals surface area (Å²) in [4.78, 5) is 2.51. The number of aromatic nitrogens is 2. The van der Waals surface area contributed by atoms with Gasteiger partial charge in [-0.2, -0.15) is 18.3 Å². The second kappa shape index (κ2) is 5.18. The van der Waals surface area contributed by atoms with Crippen LogP contribution in [0.25, 0.3) is 0 Å². The number of rotatable bonds is 4. The highest BCUT2D eigenvalue weighted by molar-refractivity contribution is 7.92. The molecule has 170 valence electrons. The molecule has 5 aliphatic carbocycles. The van der Waals surface area contributed by atoms with Crippen LogP contribution in [0.5, 0.6) is 0 Å². The molecule has 0 amide bonds. The summed E-state index contributed by atoms with van der Waals surface area (Å²) >= 11 is 0. The minimum atomic E-state index is -4.24. The molecule has 7 fully saturated rings. The van der Waals surface area contributed by atoms with Crippen molar-refractivity contribution >= 4 is 9.84 Å². The van der Waals surface area contributed by atoms with Crippen LogP contribution in [-0.4, -0.2) is 59.9 Å². The quantitative estimate of drug-likeness (QED) is 0.700. The molecule has 1 unspecified atom stereocenters. The first-order valence-electron chi connectivity index (χ1n) is 11.6. The minimum Gasteiger partial charge on any atom is -0.299 e. The molecule has 5 saturated carbocycles. The highest BCUT2D eigenvalue weighted by atomic mass is 32.2. The van der Waals surface area contributed by atoms with E-state index in [1.807, 2.05) is 18.5 Å². The lowest BCUT2D eigenvalue weighted by Gasteiger charge is -2.38. The second-order valence-corrected chi connectivity index (χ2v) is 13.7. The fraction of sp³-hybridized carbons (Fsp3) is 0.864. The predicted molar refractivity (Wildman–Crippen MR) is 107 cm³/mol. The van der Waals surface area contributed by atoms with E-state index in [2.05, 4.69) is 10.00 Å². The smallest absolute Gasteiger partial charge is 0.299 e. The van der Waals surface area contributed by atoms with Crippen molar-refractivity contribution in [3.05, 3.63) is 17.5 Å². The highest BCUT2D eigenvalue weighted by Crippen LogP contribution is 2.91. The Morgan fingerprint density at radius 3 is 2.42 bits per heavy atom. The van der Waals surface area contributed by atoms with Gasteiger partial charge in [0.15, 0.2) is 9.84 Å². The monoisotopic (exact) mass is 455 g/mol. The van der Waals surface area contributed by atoms with Crippen molar-refractivity contribution in [1.82, 2.24) is 14.7 Å². The Hall–Kier alpha value is -1.09. The summed E-state index contributed by atoms with van der Waals surface area (Å²) in [6.45, 7) is 5.84. The molecule has 3 heterocycles. The minimum absolute atomic E-state index is 0.0311. The van der Waals surface area contributed by atoms with E-state index >= 15 is 0 Å². The van der Waals surface area contributed by atoms with Crippen LogP contribution in [0.2, 0.25) is 0 Å². The molecule has 0 radical (unpaired) electrons. The summed E-state index contributed by atoms with van der Waals surface area (Å²) < 4.78 is 66.6. The van der Waals surface area contributed by atoms with E-state index in [0.717, 1.165) is 31.6 Å². The van der Waals surface area contributed by atoms with Gasteiger partial charge in [-0.3, -0.25) is 9.58 Å². The van der Waals surface area contributed by atoms with Crippen LogP contribution >= 0.6 is 0 Å². The van der Waals surface area contributed by atoms with Gasteiger partial charge < -0.3 is 0 Å². The summed E-state index contributed by atoms with van der Waals surface area (Å²) in [5.41, 5.74) is -0.468. The SMILES string of the molecule is CC(C)n1nc(C2(C(F)(F)F)CC2)cc1[C@]12C3[C@@H](N4CCC5(C4)CS(=O)(=O)C5)C[C@@H]1[C@H]32. The number of alkyl halides is 3. The Morgan fingerprint density at radius 2 is 1.87 bits per heavy atom. The van der Waals surface area contributed by atoms with Crippen LogP contribution in [0.4, 0.5) is 13.2 Å². The highest BCUT2D eigenvalue weighted by Gasteiger charge is 2.93. The topological polar surface area (TPSA) is 55.2 Å². The van der Waals surface area contributed by atoms with Crippen molar-refractivity contribution in [3.63, 3.8) is 0 Å². The maximum Gasteiger partial charge on any atom is 0.400 e. The van der Waals surface area contributed by atoms with E-state index in [-0.39, 0.29) is 35.4 Å². The van der Waals surface area contributed by atoms with Gasteiger partial charge in [0.05, 0.1) is 17.2 Å². The molecule has 9 heteroatoms. The van der Waals surface area contributed by atoms with Crippen LogP contribution in [0, 0.1) is 23.2 Å². The fourth-order valence-electron chi connectivity index (χ4n) is 8.10. The van der Waals surface area contributed by atoms with Gasteiger partial charge in [-0.05, 0) is 69.9 Å². The lowest BCUT2D eigenvalue weighted by molar-refractivity contribution is -0.161. The van der Waals surface area contributed by atoms with Crippen molar-refractivity contribution in [2.45, 2.75) is 68.6 Å². The lowest BCUT2D eigenvalue weighted by atomic mass is 9.91. The molecular formula is C22H28F3N3O2S. The molecule has 0 N–H and O–H groups in total. The number of likely N-dealkylation sites (tertiary alicyclic amines) is 1. The molecule has 5 atom stereocenters. The van der Waals surface area contributed by atoms with Gasteiger partial charge in [-0.25, -0.2) is 8.42 Å². The molecule has 5 nitrogen and oxygen atoms in total. The first kappa shape index (κ1) is 19.4. The molecule has 7 aliphatic rings. The molecular weight excluding hydrogens is 427 g/mol. The molecule has 8 rings (SSSR count). The lowest BCUT2D eigenvalue weighted by Crippen LogP contribution is -2.50. The third kappa shape index (κ3) is 2.18. The number of fused-ring (bicyclic) bond motifs is 1. The zero-order valence-electron chi connectivity index (χ0n) is 17.8. The zero-order valence-corrected chi connectivity index (χ0v) is 18.6. The molecule has 2 bridgehead atoms. The van der Waals surface area contributed by atoms with Gasteiger partial charge in [0.25, 0.3) is 0 Å². The second-order valence-electron chi connectivity index (χ2n) is 11.7. The standard InChI is InChI=1S/C22H28F3N3O2S/c1-12(2)28-16(8-15(26-28)20(3-4-20)22(23,24)25)21-13-7-14(18(21)17(13)21)27-6-5-19(9-27)10-31(29,30)11-19/h8,12-14,17-18H,3-7,9-11H2,1-2H3/t13-,14+,17-,18?,21-/m1/s1. The van der Waals surface area contributed by atoms with Gasteiger partial charge >= 0.3 is 6.18 Å². The Kier molecular flexibility index (Phi) is 3.24. The maximum atomic E-state index is 13.7. The predicted octanol–water partition coefficient (Wildman–Crippen LogP) is 3.06. The summed E-state index contributed by atoms with van der Waals surface area (Å²) in [5, 5.41) is 4.54. The van der Waals surface area contributed by atoms with Crippen molar-refractivity contribution in [3.8, 4) is 0 Å². The maximum absolute atomic E-state index is 13.7. The number of hydrogen-bond donors (Lipinski definition) is 0. The van der Waals surface area contributed by atoms with Gasteiger partial charge in [0.2, 0.25) is 0 Å². The van der Waals surface area contributed by atoms with Crippen LogP contribution in [0.15, 0.2) is 6.07 Å². The molecule has 1 aromatic rings. The molecule has 2 aliphatic heterocycles. The van der Waals surface area contributed by atoms with Gasteiger partial charge in [-0.15, -0.1) is 0 Å². The zero-order chi connectivity index (χ0) is 21.8. The first-order valence-corrected chi connectivity index (χ1v) is 13.4. The largest absolute Gasteiger partial charge is 0.400 e. The average molecular weight is 456 g/mol. The average Bonchev–Trinajstić information content (AvgIpc) is 3.50. The van der Waals surface area contributed by atoms with Crippen molar-refractivity contribution < 1.29 is 21.6 Å². The van der Waals surface area contributed by atoms with E-state index in [9.17, 15) is 21.6 Å². The number of hydrogen-bond acceptors (Lipinski definition) is 4. The van der Waals surface area contributed by atoms with E-state index in [0.29, 0.717) is 35.3 Å². The van der Waals surface area contributed by atoms with Gasteiger partial charge in [-0.1, -0.05) is 0 Å². The molecule has 0 aromatic carbocycles. The number of nitrogens with zero attached hydrogens (tertiary/aromatic N) is 3. The third-order valence-corrected chi connectivity index (χ3v) is 11.8. The summed E-state index contributed by atoms with van der Waals surface area (Å²) in [6.07, 6.45) is -1.88. The van der Waals surface area contributed by atoms with Gasteiger partial charge in [0.1, 0.15) is 5.41 Å². The van der Waals surface area contributed by atoms with Crippen LogP contribution in [-0.2, 0) is 20.7 Å². The van der Waals surface area contributed by atoms with Gasteiger partial charge in [0, 0.05) is 35.2 Å². The van der Waals surface area contributed by atoms with Crippen LogP contribution < -0.4 is 0 Å². The Bertz CT molecular complexity index is 1090. The number of sulfone groups is 1. The molecule has 31 heavy (non-hydrogen) atoms. The van der Waals surface area contributed by atoms with Crippen LogP contribution in [0.3, 0.4) is 0 Å². The molecule has 1 spiro atoms. The normalized spacial score (nSPS) is 42.6. The van der Waals surface area contributed by atoms with Crippen LogP contribution in [0.1, 0.15) is 57.0 Å². The first-order chi connectivity index (χ1) is 14.4. The Balaban J connectivity index is 1.17. The van der Waals surface area contributed by atoms with E-state index in [1.165, 1.54) is 0 Å². The van der Waals surface area contributed by atoms with E-state index in [4.69, 9.17) is 0 Å². The number of halogens is 3. The fourth-order valence-corrected chi connectivity index (χ4v) is 10.4.